The molecule has 92 valence electrons. The van der Waals surface area contributed by atoms with Crippen molar-refractivity contribution >= 4 is 21.7 Å². The average molecular weight is 311 g/mol. The summed E-state index contributed by atoms with van der Waals surface area (Å²) < 4.78 is 26.7. The summed E-state index contributed by atoms with van der Waals surface area (Å²) in [7, 11) is 0. The number of hydrogen-bond donors (Lipinski definition) is 0. The first kappa shape index (κ1) is 12.9. The largest absolute Gasteiger partial charge is 0.294 e. The lowest BCUT2D eigenvalue weighted by atomic mass is 10.0. The van der Waals surface area contributed by atoms with Gasteiger partial charge in [0.05, 0.1) is 0 Å². The molecule has 0 spiro atoms. The number of halogens is 3. The summed E-state index contributed by atoms with van der Waals surface area (Å²) in [5.41, 5.74) is 0.829. The molecule has 2 aromatic rings. The van der Waals surface area contributed by atoms with E-state index in [1.54, 1.807) is 24.3 Å². The van der Waals surface area contributed by atoms with Gasteiger partial charge in [-0.25, -0.2) is 8.78 Å². The van der Waals surface area contributed by atoms with Crippen molar-refractivity contribution < 1.29 is 13.6 Å². The normalized spacial score (nSPS) is 10.4. The Hall–Kier alpha value is -1.55. The van der Waals surface area contributed by atoms with Crippen molar-refractivity contribution in [3.63, 3.8) is 0 Å². The van der Waals surface area contributed by atoms with Crippen LogP contribution in [0.3, 0.4) is 0 Å². The van der Waals surface area contributed by atoms with Crippen molar-refractivity contribution in [2.75, 3.05) is 0 Å². The maximum Gasteiger partial charge on any atom is 0.168 e. The van der Waals surface area contributed by atoms with E-state index < -0.39 is 11.6 Å². The Morgan fingerprint density at radius 2 is 1.67 bits per heavy atom. The lowest BCUT2D eigenvalue weighted by molar-refractivity contribution is 0.0992. The minimum Gasteiger partial charge on any atom is -0.294 e. The molecule has 0 saturated carbocycles. The van der Waals surface area contributed by atoms with Crippen LogP contribution in [-0.2, 0) is 6.42 Å². The SMILES string of the molecule is O=C(Cc1cc(F)cc(F)c1)c1ccccc1Br. The Morgan fingerprint density at radius 3 is 2.28 bits per heavy atom. The van der Waals surface area contributed by atoms with Crippen molar-refractivity contribution in [3.8, 4) is 0 Å². The van der Waals surface area contributed by atoms with Crippen LogP contribution in [0, 0.1) is 11.6 Å². The van der Waals surface area contributed by atoms with E-state index in [1.165, 1.54) is 0 Å². The molecule has 0 aromatic heterocycles. The number of hydrogen-bond acceptors (Lipinski definition) is 1. The fourth-order valence-corrected chi connectivity index (χ4v) is 2.19. The maximum absolute atomic E-state index is 13.0. The Morgan fingerprint density at radius 1 is 1.06 bits per heavy atom. The summed E-state index contributed by atoms with van der Waals surface area (Å²) in [5, 5.41) is 0. The van der Waals surface area contributed by atoms with E-state index in [4.69, 9.17) is 0 Å². The number of rotatable bonds is 3. The van der Waals surface area contributed by atoms with Crippen LogP contribution in [0.15, 0.2) is 46.9 Å². The third-order valence-electron chi connectivity index (χ3n) is 2.46. The van der Waals surface area contributed by atoms with Gasteiger partial charge in [0.25, 0.3) is 0 Å². The molecule has 0 aliphatic rings. The Bertz CT molecular complexity index is 576. The predicted octanol–water partition coefficient (Wildman–Crippen LogP) is 4.15. The zero-order valence-corrected chi connectivity index (χ0v) is 10.9. The molecule has 0 unspecified atom stereocenters. The molecule has 0 saturated heterocycles. The van der Waals surface area contributed by atoms with E-state index in [9.17, 15) is 13.6 Å². The minimum absolute atomic E-state index is 0.0305. The molecule has 0 aliphatic carbocycles. The molecule has 0 amide bonds. The molecule has 0 bridgehead atoms. The van der Waals surface area contributed by atoms with Crippen LogP contribution in [0.25, 0.3) is 0 Å². The Balaban J connectivity index is 2.24. The first-order valence-electron chi connectivity index (χ1n) is 5.29. The number of benzene rings is 2. The molecule has 2 rings (SSSR count). The average Bonchev–Trinajstić information content (AvgIpc) is 2.27. The molecule has 0 fully saturated rings. The van der Waals surface area contributed by atoms with Crippen LogP contribution in [-0.4, -0.2) is 5.78 Å². The highest BCUT2D eigenvalue weighted by molar-refractivity contribution is 9.10. The molecule has 2 aromatic carbocycles. The molecule has 0 atom stereocenters. The number of carbonyl (C=O) groups is 1. The zero-order chi connectivity index (χ0) is 13.1. The van der Waals surface area contributed by atoms with Gasteiger partial charge in [0.2, 0.25) is 0 Å². The van der Waals surface area contributed by atoms with Crippen LogP contribution in [0.2, 0.25) is 0 Å². The molecule has 4 heteroatoms. The fraction of sp³-hybridized carbons (Fsp3) is 0.0714. The Labute approximate surface area is 112 Å². The highest BCUT2D eigenvalue weighted by Gasteiger charge is 2.11. The van der Waals surface area contributed by atoms with Gasteiger partial charge in [0, 0.05) is 22.5 Å². The molecular weight excluding hydrogens is 302 g/mol. The van der Waals surface area contributed by atoms with Crippen LogP contribution in [0.1, 0.15) is 15.9 Å². The third kappa shape index (κ3) is 3.01. The van der Waals surface area contributed by atoms with Crippen molar-refractivity contribution in [3.05, 3.63) is 69.7 Å². The summed E-state index contributed by atoms with van der Waals surface area (Å²) in [6, 6.07) is 10.1. The van der Waals surface area contributed by atoms with E-state index in [-0.39, 0.29) is 12.2 Å². The number of Topliss-reactive ketones (excluding diaryl/α,β-unsaturated/α-hetero) is 1. The lowest BCUT2D eigenvalue weighted by Gasteiger charge is -2.04. The van der Waals surface area contributed by atoms with Crippen LogP contribution < -0.4 is 0 Å². The molecule has 18 heavy (non-hydrogen) atoms. The Kier molecular flexibility index (Phi) is 3.87. The number of ketones is 1. The fourth-order valence-electron chi connectivity index (χ4n) is 1.68. The topological polar surface area (TPSA) is 17.1 Å². The van der Waals surface area contributed by atoms with Gasteiger partial charge in [-0.3, -0.25) is 4.79 Å². The van der Waals surface area contributed by atoms with Gasteiger partial charge in [-0.2, -0.15) is 0 Å². The van der Waals surface area contributed by atoms with Gasteiger partial charge < -0.3 is 0 Å². The highest BCUT2D eigenvalue weighted by Crippen LogP contribution is 2.18. The maximum atomic E-state index is 13.0. The second-order valence-corrected chi connectivity index (χ2v) is 4.71. The standard InChI is InChI=1S/C14H9BrF2O/c15-13-4-2-1-3-12(13)14(18)7-9-5-10(16)8-11(17)6-9/h1-6,8H,7H2. The van der Waals surface area contributed by atoms with Crippen molar-refractivity contribution in [1.29, 1.82) is 0 Å². The van der Waals surface area contributed by atoms with Gasteiger partial charge >= 0.3 is 0 Å². The van der Waals surface area contributed by atoms with E-state index in [0.29, 0.717) is 15.6 Å². The quantitative estimate of drug-likeness (QED) is 0.778. The molecule has 0 radical (unpaired) electrons. The van der Waals surface area contributed by atoms with Crippen molar-refractivity contribution in [1.82, 2.24) is 0 Å². The summed E-state index contributed by atoms with van der Waals surface area (Å²) in [6.07, 6.45) is -0.0305. The smallest absolute Gasteiger partial charge is 0.168 e. The summed E-state index contributed by atoms with van der Waals surface area (Å²) in [5.74, 6) is -1.54. The van der Waals surface area contributed by atoms with Gasteiger partial charge in [0.1, 0.15) is 11.6 Å². The van der Waals surface area contributed by atoms with Gasteiger partial charge in [-0.15, -0.1) is 0 Å². The second kappa shape index (κ2) is 5.40. The summed E-state index contributed by atoms with van der Waals surface area (Å²) in [4.78, 5) is 12.0. The molecule has 0 heterocycles. The number of carbonyl (C=O) groups excluding carboxylic acids is 1. The van der Waals surface area contributed by atoms with E-state index in [2.05, 4.69) is 15.9 Å². The van der Waals surface area contributed by atoms with Crippen LogP contribution >= 0.6 is 15.9 Å². The molecular formula is C14H9BrF2O. The van der Waals surface area contributed by atoms with E-state index >= 15 is 0 Å². The van der Waals surface area contributed by atoms with Gasteiger partial charge in [-0.1, -0.05) is 34.1 Å². The van der Waals surface area contributed by atoms with Crippen LogP contribution in [0.5, 0.6) is 0 Å². The second-order valence-electron chi connectivity index (χ2n) is 3.86. The summed E-state index contributed by atoms with van der Waals surface area (Å²) >= 11 is 3.27. The first-order chi connectivity index (χ1) is 8.56. The van der Waals surface area contributed by atoms with E-state index in [1.807, 2.05) is 0 Å². The monoisotopic (exact) mass is 310 g/mol. The highest BCUT2D eigenvalue weighted by atomic mass is 79.9. The minimum atomic E-state index is -0.676. The van der Waals surface area contributed by atoms with Gasteiger partial charge in [-0.05, 0) is 23.8 Å². The van der Waals surface area contributed by atoms with Crippen molar-refractivity contribution in [2.45, 2.75) is 6.42 Å². The third-order valence-corrected chi connectivity index (χ3v) is 3.15. The van der Waals surface area contributed by atoms with Crippen LogP contribution in [0.4, 0.5) is 8.78 Å². The molecule has 0 aliphatic heterocycles. The molecule has 1 nitrogen and oxygen atoms in total. The van der Waals surface area contributed by atoms with E-state index in [0.717, 1.165) is 18.2 Å². The predicted molar refractivity (Wildman–Crippen MR) is 68.5 cm³/mol. The van der Waals surface area contributed by atoms with Gasteiger partial charge in [0.15, 0.2) is 5.78 Å². The summed E-state index contributed by atoms with van der Waals surface area (Å²) in [6.45, 7) is 0. The zero-order valence-electron chi connectivity index (χ0n) is 9.29. The lowest BCUT2D eigenvalue weighted by Crippen LogP contribution is -2.05. The first-order valence-corrected chi connectivity index (χ1v) is 6.08. The van der Waals surface area contributed by atoms with Crippen molar-refractivity contribution in [2.24, 2.45) is 0 Å². The molecule has 0 N–H and O–H groups in total.